The monoisotopic (exact) mass is 309 g/mol. The highest BCUT2D eigenvalue weighted by Crippen LogP contribution is 2.00. The molecular formula is C10H19N3O6S. The van der Waals surface area contributed by atoms with Crippen LogP contribution >= 0.6 is 12.6 Å². The summed E-state index contributed by atoms with van der Waals surface area (Å²) in [7, 11) is 0. The Hall–Kier alpha value is -1.36. The lowest BCUT2D eigenvalue weighted by atomic mass is 10.1. The molecule has 0 heterocycles. The summed E-state index contributed by atoms with van der Waals surface area (Å²) < 4.78 is 0. The average Bonchev–Trinajstić information content (AvgIpc) is 2.38. The molecule has 0 radical (unpaired) electrons. The van der Waals surface area contributed by atoms with Crippen molar-refractivity contribution in [3.05, 3.63) is 0 Å². The molecule has 20 heavy (non-hydrogen) atoms. The Morgan fingerprint density at radius 2 is 1.80 bits per heavy atom. The first-order chi connectivity index (χ1) is 9.27. The number of carboxylic acids is 2. The number of aliphatic hydroxyl groups excluding tert-OH is 1. The number of hydrogen-bond acceptors (Lipinski definition) is 7. The molecule has 0 aromatic carbocycles. The molecule has 0 aliphatic heterocycles. The van der Waals surface area contributed by atoms with Crippen molar-refractivity contribution in [3.63, 3.8) is 0 Å². The Kier molecular flexibility index (Phi) is 8.88. The SMILES string of the molecule is N[C@@H](CCC(O)N[C@@H](CS)C(=O)NCC(=O)O)C(=O)O. The number of rotatable bonds is 10. The summed E-state index contributed by atoms with van der Waals surface area (Å²) in [6, 6.07) is -1.99. The van der Waals surface area contributed by atoms with Gasteiger partial charge in [-0.1, -0.05) is 0 Å². The summed E-state index contributed by atoms with van der Waals surface area (Å²) >= 11 is 3.91. The van der Waals surface area contributed by atoms with Crippen LogP contribution in [0.3, 0.4) is 0 Å². The van der Waals surface area contributed by atoms with Crippen molar-refractivity contribution < 1.29 is 29.7 Å². The van der Waals surface area contributed by atoms with Gasteiger partial charge in [-0.05, 0) is 12.8 Å². The predicted octanol–water partition coefficient (Wildman–Crippen LogP) is -2.41. The molecule has 3 atom stereocenters. The molecule has 0 saturated carbocycles. The van der Waals surface area contributed by atoms with Gasteiger partial charge in [0.05, 0.1) is 6.04 Å². The summed E-state index contributed by atoms with van der Waals surface area (Å²) in [6.07, 6.45) is -1.09. The number of nitrogens with two attached hydrogens (primary N) is 1. The number of hydrogen-bond donors (Lipinski definition) is 7. The topological polar surface area (TPSA) is 162 Å². The van der Waals surface area contributed by atoms with Gasteiger partial charge in [0, 0.05) is 5.75 Å². The van der Waals surface area contributed by atoms with Crippen molar-refractivity contribution in [3.8, 4) is 0 Å². The first kappa shape index (κ1) is 18.6. The minimum absolute atomic E-state index is 0.0273. The number of thiol groups is 1. The third-order valence-corrected chi connectivity index (χ3v) is 2.74. The summed E-state index contributed by atoms with van der Waals surface area (Å²) in [5, 5.41) is 31.3. The fourth-order valence-electron chi connectivity index (χ4n) is 1.27. The van der Waals surface area contributed by atoms with E-state index >= 15 is 0 Å². The second-order valence-electron chi connectivity index (χ2n) is 4.05. The van der Waals surface area contributed by atoms with Crippen LogP contribution in [0, 0.1) is 0 Å². The van der Waals surface area contributed by atoms with E-state index in [-0.39, 0.29) is 18.6 Å². The van der Waals surface area contributed by atoms with Crippen molar-refractivity contribution in [2.24, 2.45) is 5.73 Å². The van der Waals surface area contributed by atoms with E-state index in [2.05, 4.69) is 23.3 Å². The molecule has 0 spiro atoms. The average molecular weight is 309 g/mol. The molecule has 0 bridgehead atoms. The quantitative estimate of drug-likeness (QED) is 0.173. The van der Waals surface area contributed by atoms with Gasteiger partial charge in [0.2, 0.25) is 5.91 Å². The van der Waals surface area contributed by atoms with Crippen molar-refractivity contribution in [2.45, 2.75) is 31.2 Å². The lowest BCUT2D eigenvalue weighted by molar-refractivity contribution is -0.139. The van der Waals surface area contributed by atoms with E-state index in [0.29, 0.717) is 0 Å². The van der Waals surface area contributed by atoms with E-state index in [4.69, 9.17) is 15.9 Å². The summed E-state index contributed by atoms with van der Waals surface area (Å²) in [5.41, 5.74) is 5.27. The largest absolute Gasteiger partial charge is 0.480 e. The number of aliphatic carboxylic acids is 2. The molecule has 0 saturated heterocycles. The number of nitrogens with one attached hydrogen (secondary N) is 2. The molecule has 0 aromatic heterocycles. The highest BCUT2D eigenvalue weighted by atomic mass is 32.1. The second-order valence-corrected chi connectivity index (χ2v) is 4.42. The predicted molar refractivity (Wildman–Crippen MR) is 72.3 cm³/mol. The van der Waals surface area contributed by atoms with Crippen molar-refractivity contribution in [2.75, 3.05) is 12.3 Å². The van der Waals surface area contributed by atoms with E-state index in [1.165, 1.54) is 0 Å². The van der Waals surface area contributed by atoms with Crippen LogP contribution in [0.5, 0.6) is 0 Å². The van der Waals surface area contributed by atoms with Crippen LogP contribution in [0.25, 0.3) is 0 Å². The Morgan fingerprint density at radius 1 is 1.20 bits per heavy atom. The van der Waals surface area contributed by atoms with Gasteiger partial charge in [0.25, 0.3) is 0 Å². The first-order valence-electron chi connectivity index (χ1n) is 5.80. The molecule has 0 fully saturated rings. The van der Waals surface area contributed by atoms with Crippen molar-refractivity contribution in [1.82, 2.24) is 10.6 Å². The molecule has 116 valence electrons. The zero-order valence-corrected chi connectivity index (χ0v) is 11.5. The molecule has 10 heteroatoms. The van der Waals surface area contributed by atoms with Gasteiger partial charge in [-0.2, -0.15) is 12.6 Å². The molecule has 1 unspecified atom stereocenters. The van der Waals surface area contributed by atoms with Gasteiger partial charge in [0.1, 0.15) is 18.8 Å². The third kappa shape index (κ3) is 7.94. The number of amides is 1. The highest BCUT2D eigenvalue weighted by Gasteiger charge is 2.21. The van der Waals surface area contributed by atoms with Crippen LogP contribution in [0.15, 0.2) is 0 Å². The van der Waals surface area contributed by atoms with Crippen molar-refractivity contribution >= 4 is 30.5 Å². The Labute approximate surface area is 120 Å². The van der Waals surface area contributed by atoms with E-state index in [1.807, 2.05) is 0 Å². The summed E-state index contributed by atoms with van der Waals surface area (Å²) in [5.74, 6) is -2.96. The molecule has 0 aliphatic rings. The molecule has 9 nitrogen and oxygen atoms in total. The maximum absolute atomic E-state index is 11.5. The van der Waals surface area contributed by atoms with Crippen molar-refractivity contribution in [1.29, 1.82) is 0 Å². The zero-order valence-electron chi connectivity index (χ0n) is 10.7. The van der Waals surface area contributed by atoms with Crippen LogP contribution in [0.2, 0.25) is 0 Å². The Bertz CT molecular complexity index is 354. The van der Waals surface area contributed by atoms with Gasteiger partial charge < -0.3 is 26.4 Å². The van der Waals surface area contributed by atoms with Gasteiger partial charge >= 0.3 is 11.9 Å². The molecule has 7 N–H and O–H groups in total. The summed E-state index contributed by atoms with van der Waals surface area (Å²) in [6.45, 7) is -0.537. The van der Waals surface area contributed by atoms with E-state index in [0.717, 1.165) is 0 Å². The van der Waals surface area contributed by atoms with E-state index < -0.39 is 42.7 Å². The standard InChI is InChI=1S/C10H19N3O6S/c11-5(10(18)19)1-2-7(14)13-6(4-20)9(17)12-3-8(15)16/h5-7,13-14,20H,1-4,11H2,(H,12,17)(H,15,16)(H,18,19)/t5-,6-,7?/m0/s1. The minimum atomic E-state index is -1.19. The normalized spacial score (nSPS) is 15.2. The van der Waals surface area contributed by atoms with Crippen LogP contribution < -0.4 is 16.4 Å². The molecular weight excluding hydrogens is 290 g/mol. The number of carbonyl (C=O) groups excluding carboxylic acids is 1. The van der Waals surface area contributed by atoms with E-state index in [9.17, 15) is 19.5 Å². The van der Waals surface area contributed by atoms with Gasteiger partial charge in [-0.25, -0.2) is 0 Å². The fourth-order valence-corrected chi connectivity index (χ4v) is 1.54. The highest BCUT2D eigenvalue weighted by molar-refractivity contribution is 7.80. The van der Waals surface area contributed by atoms with E-state index in [1.54, 1.807) is 0 Å². The lowest BCUT2D eigenvalue weighted by Crippen LogP contribution is -2.50. The van der Waals surface area contributed by atoms with Crippen LogP contribution in [0.1, 0.15) is 12.8 Å². The smallest absolute Gasteiger partial charge is 0.322 e. The Morgan fingerprint density at radius 3 is 2.25 bits per heavy atom. The third-order valence-electron chi connectivity index (χ3n) is 2.37. The first-order valence-corrected chi connectivity index (χ1v) is 6.44. The maximum atomic E-state index is 11.5. The number of aliphatic hydroxyl groups is 1. The van der Waals surface area contributed by atoms with Crippen LogP contribution in [-0.2, 0) is 14.4 Å². The molecule has 1 amide bonds. The van der Waals surface area contributed by atoms with Gasteiger partial charge in [0.15, 0.2) is 0 Å². The minimum Gasteiger partial charge on any atom is -0.480 e. The van der Waals surface area contributed by atoms with Crippen LogP contribution in [0.4, 0.5) is 0 Å². The van der Waals surface area contributed by atoms with Gasteiger partial charge in [-0.3, -0.25) is 19.7 Å². The van der Waals surface area contributed by atoms with Crippen LogP contribution in [-0.4, -0.2) is 63.8 Å². The molecule has 0 aromatic rings. The summed E-state index contributed by atoms with van der Waals surface area (Å²) in [4.78, 5) is 32.3. The maximum Gasteiger partial charge on any atom is 0.322 e. The zero-order chi connectivity index (χ0) is 15.7. The Balaban J connectivity index is 4.17. The fraction of sp³-hybridized carbons (Fsp3) is 0.700. The number of carboxylic acid groups (broad SMARTS) is 2. The lowest BCUT2D eigenvalue weighted by Gasteiger charge is -2.20. The van der Waals surface area contributed by atoms with Gasteiger partial charge in [-0.15, -0.1) is 0 Å². The number of carbonyl (C=O) groups is 3. The second kappa shape index (κ2) is 9.53. The molecule has 0 aliphatic carbocycles. The molecule has 0 rings (SSSR count).